The standard InChI is InChI=1S/C22H23N3O4/c1-24-19-8-2-6-16(19)18(23-24)14-25(13-15-5-4-10-27-15)22(26)17-7-3-9-20-21(17)29-12-11-28-20/h3-5,7,9-10H,2,6,8,11-14H2,1H3. The lowest BCUT2D eigenvalue weighted by atomic mass is 10.1. The summed E-state index contributed by atoms with van der Waals surface area (Å²) in [6, 6.07) is 9.15. The molecule has 0 fully saturated rings. The van der Waals surface area contributed by atoms with Crippen molar-refractivity contribution in [2.24, 2.45) is 7.05 Å². The first-order valence-corrected chi connectivity index (χ1v) is 9.94. The quantitative estimate of drug-likeness (QED) is 0.666. The number of carbonyl (C=O) groups excluding carboxylic acids is 1. The average molecular weight is 393 g/mol. The summed E-state index contributed by atoms with van der Waals surface area (Å²) in [7, 11) is 1.98. The van der Waals surface area contributed by atoms with Crippen LogP contribution in [0.15, 0.2) is 41.0 Å². The van der Waals surface area contributed by atoms with E-state index < -0.39 is 0 Å². The average Bonchev–Trinajstić information content (AvgIpc) is 3.48. The van der Waals surface area contributed by atoms with E-state index >= 15 is 0 Å². The van der Waals surface area contributed by atoms with Gasteiger partial charge in [0.25, 0.3) is 5.91 Å². The highest BCUT2D eigenvalue weighted by Crippen LogP contribution is 2.35. The molecule has 0 saturated heterocycles. The molecule has 0 radical (unpaired) electrons. The highest BCUT2D eigenvalue weighted by atomic mass is 16.6. The van der Waals surface area contributed by atoms with Crippen LogP contribution < -0.4 is 9.47 Å². The largest absolute Gasteiger partial charge is 0.486 e. The van der Waals surface area contributed by atoms with Gasteiger partial charge in [-0.15, -0.1) is 0 Å². The molecule has 7 heteroatoms. The summed E-state index contributed by atoms with van der Waals surface area (Å²) in [6.45, 7) is 1.71. The SMILES string of the molecule is Cn1nc(CN(Cc2ccco2)C(=O)c2cccc3c2OCCO3)c2c1CCC2. The number of fused-ring (bicyclic) bond motifs is 2. The Labute approximate surface area is 168 Å². The lowest BCUT2D eigenvalue weighted by Crippen LogP contribution is -2.31. The minimum atomic E-state index is -0.124. The Morgan fingerprint density at radius 1 is 1.14 bits per heavy atom. The van der Waals surface area contributed by atoms with Crippen LogP contribution in [-0.2, 0) is 33.0 Å². The Morgan fingerprint density at radius 3 is 2.90 bits per heavy atom. The molecule has 7 nitrogen and oxygen atoms in total. The molecular weight excluding hydrogens is 370 g/mol. The molecule has 0 saturated carbocycles. The molecular formula is C22H23N3O4. The van der Waals surface area contributed by atoms with Crippen molar-refractivity contribution in [3.8, 4) is 11.5 Å². The molecule has 29 heavy (non-hydrogen) atoms. The van der Waals surface area contributed by atoms with E-state index in [4.69, 9.17) is 19.0 Å². The van der Waals surface area contributed by atoms with E-state index in [-0.39, 0.29) is 5.91 Å². The van der Waals surface area contributed by atoms with E-state index in [1.54, 1.807) is 17.2 Å². The van der Waals surface area contributed by atoms with Gasteiger partial charge in [0.1, 0.15) is 19.0 Å². The number of amides is 1. The van der Waals surface area contributed by atoms with Gasteiger partial charge in [0.05, 0.1) is 30.6 Å². The molecule has 1 aliphatic carbocycles. The van der Waals surface area contributed by atoms with Crippen LogP contribution in [0.2, 0.25) is 0 Å². The molecule has 2 aliphatic rings. The summed E-state index contributed by atoms with van der Waals surface area (Å²) in [5.74, 6) is 1.73. The molecule has 3 heterocycles. The third-order valence-corrected chi connectivity index (χ3v) is 5.55. The smallest absolute Gasteiger partial charge is 0.258 e. The van der Waals surface area contributed by atoms with Crippen molar-refractivity contribution >= 4 is 5.91 Å². The minimum Gasteiger partial charge on any atom is -0.486 e. The first kappa shape index (κ1) is 17.8. The van der Waals surface area contributed by atoms with Gasteiger partial charge >= 0.3 is 0 Å². The second-order valence-electron chi connectivity index (χ2n) is 7.42. The Kier molecular flexibility index (Phi) is 4.50. The van der Waals surface area contributed by atoms with Crippen LogP contribution in [0.4, 0.5) is 0 Å². The summed E-state index contributed by atoms with van der Waals surface area (Å²) in [5.41, 5.74) is 4.02. The van der Waals surface area contributed by atoms with E-state index in [1.807, 2.05) is 36.0 Å². The van der Waals surface area contributed by atoms with Gasteiger partial charge in [-0.3, -0.25) is 9.48 Å². The van der Waals surface area contributed by atoms with Crippen LogP contribution >= 0.6 is 0 Å². The number of carbonyl (C=O) groups is 1. The Hall–Kier alpha value is -3.22. The van der Waals surface area contributed by atoms with Gasteiger partial charge < -0.3 is 18.8 Å². The highest BCUT2D eigenvalue weighted by molar-refractivity contribution is 5.97. The maximum atomic E-state index is 13.6. The number of hydrogen-bond donors (Lipinski definition) is 0. The number of para-hydroxylation sites is 1. The summed E-state index contributed by atoms with van der Waals surface area (Å²) >= 11 is 0. The second-order valence-corrected chi connectivity index (χ2v) is 7.42. The number of ether oxygens (including phenoxy) is 2. The molecule has 2 aromatic heterocycles. The zero-order valence-corrected chi connectivity index (χ0v) is 16.4. The Balaban J connectivity index is 1.49. The third-order valence-electron chi connectivity index (χ3n) is 5.55. The molecule has 0 atom stereocenters. The highest BCUT2D eigenvalue weighted by Gasteiger charge is 2.28. The maximum absolute atomic E-state index is 13.6. The number of furan rings is 1. The molecule has 0 spiro atoms. The van der Waals surface area contributed by atoms with E-state index in [9.17, 15) is 4.79 Å². The van der Waals surface area contributed by atoms with E-state index in [0.717, 1.165) is 30.7 Å². The van der Waals surface area contributed by atoms with Gasteiger partial charge in [-0.1, -0.05) is 6.07 Å². The summed E-state index contributed by atoms with van der Waals surface area (Å²) in [5, 5.41) is 4.70. The van der Waals surface area contributed by atoms with Crippen molar-refractivity contribution < 1.29 is 18.7 Å². The van der Waals surface area contributed by atoms with Crippen molar-refractivity contribution in [2.75, 3.05) is 13.2 Å². The summed E-state index contributed by atoms with van der Waals surface area (Å²) in [4.78, 5) is 15.3. The van der Waals surface area contributed by atoms with Crippen molar-refractivity contribution in [3.63, 3.8) is 0 Å². The van der Waals surface area contributed by atoms with Crippen molar-refractivity contribution in [3.05, 3.63) is 64.9 Å². The predicted octanol–water partition coefficient (Wildman–Crippen LogP) is 3.12. The number of benzene rings is 1. The fourth-order valence-electron chi connectivity index (χ4n) is 4.21. The molecule has 0 bridgehead atoms. The van der Waals surface area contributed by atoms with Crippen molar-refractivity contribution in [2.45, 2.75) is 32.4 Å². The predicted molar refractivity (Wildman–Crippen MR) is 105 cm³/mol. The minimum absolute atomic E-state index is 0.124. The van der Waals surface area contributed by atoms with Crippen LogP contribution in [0.5, 0.6) is 11.5 Å². The van der Waals surface area contributed by atoms with Crippen LogP contribution in [0.25, 0.3) is 0 Å². The summed E-state index contributed by atoms with van der Waals surface area (Å²) < 4.78 is 18.9. The molecule has 0 N–H and O–H groups in total. The second kappa shape index (κ2) is 7.31. The van der Waals surface area contributed by atoms with Crippen LogP contribution in [0.3, 0.4) is 0 Å². The van der Waals surface area contributed by atoms with Gasteiger partial charge in [0, 0.05) is 12.7 Å². The molecule has 5 rings (SSSR count). The van der Waals surface area contributed by atoms with Gasteiger partial charge in [0.2, 0.25) is 0 Å². The topological polar surface area (TPSA) is 69.7 Å². The molecule has 3 aromatic rings. The molecule has 1 aromatic carbocycles. The lowest BCUT2D eigenvalue weighted by molar-refractivity contribution is 0.0704. The lowest BCUT2D eigenvalue weighted by Gasteiger charge is -2.25. The molecule has 150 valence electrons. The van der Waals surface area contributed by atoms with E-state index in [1.165, 1.54) is 11.3 Å². The van der Waals surface area contributed by atoms with E-state index in [2.05, 4.69) is 0 Å². The number of aromatic nitrogens is 2. The van der Waals surface area contributed by atoms with Crippen molar-refractivity contribution in [1.29, 1.82) is 0 Å². The number of hydrogen-bond acceptors (Lipinski definition) is 5. The van der Waals surface area contributed by atoms with Gasteiger partial charge in [0.15, 0.2) is 11.5 Å². The first-order chi connectivity index (χ1) is 14.2. The molecule has 0 unspecified atom stereocenters. The zero-order chi connectivity index (χ0) is 19.8. The normalized spacial score (nSPS) is 14.7. The van der Waals surface area contributed by atoms with Crippen molar-refractivity contribution in [1.82, 2.24) is 14.7 Å². The number of nitrogens with zero attached hydrogens (tertiary/aromatic N) is 3. The Morgan fingerprint density at radius 2 is 2.03 bits per heavy atom. The maximum Gasteiger partial charge on any atom is 0.258 e. The summed E-state index contributed by atoms with van der Waals surface area (Å²) in [6.07, 6.45) is 4.82. The zero-order valence-electron chi connectivity index (χ0n) is 16.4. The van der Waals surface area contributed by atoms with Crippen LogP contribution in [0, 0.1) is 0 Å². The Bertz CT molecular complexity index is 1040. The van der Waals surface area contributed by atoms with Gasteiger partial charge in [-0.05, 0) is 49.1 Å². The third kappa shape index (κ3) is 3.26. The van der Waals surface area contributed by atoms with Crippen LogP contribution in [0.1, 0.15) is 39.5 Å². The van der Waals surface area contributed by atoms with Crippen LogP contribution in [-0.4, -0.2) is 33.8 Å². The first-order valence-electron chi connectivity index (χ1n) is 9.94. The van der Waals surface area contributed by atoms with Gasteiger partial charge in [-0.25, -0.2) is 0 Å². The molecule has 1 aliphatic heterocycles. The van der Waals surface area contributed by atoms with Gasteiger partial charge in [-0.2, -0.15) is 5.10 Å². The number of aryl methyl sites for hydroxylation is 1. The fourth-order valence-corrected chi connectivity index (χ4v) is 4.21. The number of rotatable bonds is 5. The monoisotopic (exact) mass is 393 g/mol. The van der Waals surface area contributed by atoms with E-state index in [0.29, 0.717) is 43.4 Å². The molecule has 1 amide bonds. The fraction of sp³-hybridized carbons (Fsp3) is 0.364.